The molecule has 1 fully saturated rings. The minimum absolute atomic E-state index is 0.0623. The fourth-order valence-corrected chi connectivity index (χ4v) is 2.68. The third kappa shape index (κ3) is 3.65. The van der Waals surface area contributed by atoms with Gasteiger partial charge < -0.3 is 15.4 Å². The molecule has 2 unspecified atom stereocenters. The summed E-state index contributed by atoms with van der Waals surface area (Å²) < 4.78 is 5.50. The molecule has 5 heteroatoms. The van der Waals surface area contributed by atoms with E-state index in [4.69, 9.17) is 22.7 Å². The van der Waals surface area contributed by atoms with E-state index in [0.717, 1.165) is 32.2 Å². The fourth-order valence-electron chi connectivity index (χ4n) is 2.46. The van der Waals surface area contributed by atoms with Gasteiger partial charge in [-0.3, -0.25) is 4.79 Å². The lowest BCUT2D eigenvalue weighted by atomic mass is 9.92. The normalized spacial score (nSPS) is 25.8. The zero-order valence-electron chi connectivity index (χ0n) is 11.6. The Balaban J connectivity index is 2.73. The Morgan fingerprint density at radius 2 is 2.28 bits per heavy atom. The number of thiocarbonyl (C=S) groups is 1. The first-order valence-corrected chi connectivity index (χ1v) is 6.97. The van der Waals surface area contributed by atoms with Crippen molar-refractivity contribution in [2.75, 3.05) is 20.2 Å². The van der Waals surface area contributed by atoms with E-state index >= 15 is 0 Å². The summed E-state index contributed by atoms with van der Waals surface area (Å²) in [6, 6.07) is 0. The molecule has 1 aliphatic heterocycles. The Morgan fingerprint density at radius 3 is 2.78 bits per heavy atom. The van der Waals surface area contributed by atoms with Crippen LogP contribution < -0.4 is 5.73 Å². The van der Waals surface area contributed by atoms with Gasteiger partial charge in [-0.1, -0.05) is 25.6 Å². The first-order valence-electron chi connectivity index (χ1n) is 6.57. The topological polar surface area (TPSA) is 55.6 Å². The summed E-state index contributed by atoms with van der Waals surface area (Å²) in [5.74, 6) is -0.253. The molecule has 0 radical (unpaired) electrons. The van der Waals surface area contributed by atoms with Crippen molar-refractivity contribution in [3.63, 3.8) is 0 Å². The van der Waals surface area contributed by atoms with Gasteiger partial charge in [-0.05, 0) is 26.2 Å². The number of carbonyl (C=O) groups excluding carboxylic acids is 1. The van der Waals surface area contributed by atoms with E-state index in [9.17, 15) is 4.79 Å². The predicted octanol–water partition coefficient (Wildman–Crippen LogP) is 1.72. The SMILES string of the molecule is CCCC(C(=O)N1CCCC(C)(OC)C1)C(N)=S. The fraction of sp³-hybridized carbons (Fsp3) is 0.846. The lowest BCUT2D eigenvalue weighted by Gasteiger charge is -2.40. The minimum Gasteiger partial charge on any atom is -0.393 e. The molecule has 1 aliphatic rings. The quantitative estimate of drug-likeness (QED) is 0.774. The minimum atomic E-state index is -0.316. The Morgan fingerprint density at radius 1 is 1.61 bits per heavy atom. The van der Waals surface area contributed by atoms with Crippen LogP contribution in [0.15, 0.2) is 0 Å². The molecule has 1 saturated heterocycles. The molecule has 0 aliphatic carbocycles. The van der Waals surface area contributed by atoms with Crippen molar-refractivity contribution in [3.05, 3.63) is 0 Å². The number of carbonyl (C=O) groups is 1. The largest absolute Gasteiger partial charge is 0.393 e. The van der Waals surface area contributed by atoms with E-state index in [1.165, 1.54) is 0 Å². The first-order chi connectivity index (χ1) is 8.43. The highest BCUT2D eigenvalue weighted by atomic mass is 32.1. The molecule has 0 bridgehead atoms. The number of likely N-dealkylation sites (tertiary alicyclic amines) is 1. The summed E-state index contributed by atoms with van der Waals surface area (Å²) in [5.41, 5.74) is 5.45. The van der Waals surface area contributed by atoms with Gasteiger partial charge in [-0.25, -0.2) is 0 Å². The average molecular weight is 272 g/mol. The van der Waals surface area contributed by atoms with Crippen molar-refractivity contribution in [2.45, 2.75) is 45.1 Å². The van der Waals surface area contributed by atoms with Gasteiger partial charge in [0.1, 0.15) is 0 Å². The summed E-state index contributed by atoms with van der Waals surface area (Å²) in [6.45, 7) is 5.49. The molecule has 0 aromatic rings. The molecule has 1 amide bonds. The average Bonchev–Trinajstić information content (AvgIpc) is 2.35. The highest BCUT2D eigenvalue weighted by Gasteiger charge is 2.35. The second-order valence-electron chi connectivity index (χ2n) is 5.26. The van der Waals surface area contributed by atoms with Crippen LogP contribution in [0.5, 0.6) is 0 Å². The zero-order valence-corrected chi connectivity index (χ0v) is 12.4. The van der Waals surface area contributed by atoms with Crippen molar-refractivity contribution in [3.8, 4) is 0 Å². The maximum Gasteiger partial charge on any atom is 0.232 e. The first kappa shape index (κ1) is 15.4. The number of nitrogens with two attached hydrogens (primary N) is 1. The lowest BCUT2D eigenvalue weighted by molar-refractivity contribution is -0.141. The molecular weight excluding hydrogens is 248 g/mol. The van der Waals surface area contributed by atoms with Crippen LogP contribution in [0.4, 0.5) is 0 Å². The van der Waals surface area contributed by atoms with Crippen molar-refractivity contribution in [2.24, 2.45) is 11.7 Å². The van der Waals surface area contributed by atoms with Crippen LogP contribution in [-0.4, -0.2) is 41.6 Å². The number of piperidine rings is 1. The second kappa shape index (κ2) is 6.48. The molecule has 1 rings (SSSR count). The highest BCUT2D eigenvalue weighted by molar-refractivity contribution is 7.80. The van der Waals surface area contributed by atoms with Gasteiger partial charge in [0.25, 0.3) is 0 Å². The smallest absolute Gasteiger partial charge is 0.232 e. The van der Waals surface area contributed by atoms with Crippen LogP contribution in [0.1, 0.15) is 39.5 Å². The number of rotatable bonds is 5. The molecule has 104 valence electrons. The van der Waals surface area contributed by atoms with Crippen LogP contribution in [0, 0.1) is 5.92 Å². The molecule has 2 atom stereocenters. The van der Waals surface area contributed by atoms with Gasteiger partial charge in [-0.2, -0.15) is 0 Å². The van der Waals surface area contributed by atoms with Gasteiger partial charge in [0.2, 0.25) is 5.91 Å². The van der Waals surface area contributed by atoms with Crippen molar-refractivity contribution in [1.82, 2.24) is 4.90 Å². The summed E-state index contributed by atoms with van der Waals surface area (Å²) in [5, 5.41) is 0. The predicted molar refractivity (Wildman–Crippen MR) is 76.4 cm³/mol. The van der Waals surface area contributed by atoms with Gasteiger partial charge in [-0.15, -0.1) is 0 Å². The highest BCUT2D eigenvalue weighted by Crippen LogP contribution is 2.25. The van der Waals surface area contributed by atoms with E-state index in [2.05, 4.69) is 0 Å². The Bertz CT molecular complexity index is 322. The summed E-state index contributed by atoms with van der Waals surface area (Å²) >= 11 is 5.01. The second-order valence-corrected chi connectivity index (χ2v) is 5.73. The molecular formula is C13H24N2O2S. The van der Waals surface area contributed by atoms with Gasteiger partial charge >= 0.3 is 0 Å². The molecule has 0 aromatic carbocycles. The third-order valence-electron chi connectivity index (χ3n) is 3.68. The lowest BCUT2D eigenvalue weighted by Crippen LogP contribution is -2.52. The van der Waals surface area contributed by atoms with E-state index in [1.54, 1.807) is 7.11 Å². The number of methoxy groups -OCH3 is 1. The Kier molecular flexibility index (Phi) is 5.53. The standard InChI is InChI=1S/C13H24N2O2S/c1-4-6-10(11(14)18)12(16)15-8-5-7-13(2,9-15)17-3/h10H,4-9H2,1-3H3,(H2,14,18). The number of amides is 1. The summed E-state index contributed by atoms with van der Waals surface area (Å²) in [6.07, 6.45) is 3.59. The van der Waals surface area contributed by atoms with E-state index in [0.29, 0.717) is 11.5 Å². The Labute approximate surface area is 115 Å². The number of hydrogen-bond acceptors (Lipinski definition) is 3. The van der Waals surface area contributed by atoms with Crippen LogP contribution in [-0.2, 0) is 9.53 Å². The molecule has 0 saturated carbocycles. The van der Waals surface area contributed by atoms with Crippen LogP contribution in [0.3, 0.4) is 0 Å². The summed E-state index contributed by atoms with van der Waals surface area (Å²) in [4.78, 5) is 14.6. The van der Waals surface area contributed by atoms with Crippen LogP contribution >= 0.6 is 12.2 Å². The van der Waals surface area contributed by atoms with Crippen molar-refractivity contribution in [1.29, 1.82) is 0 Å². The van der Waals surface area contributed by atoms with Gasteiger partial charge in [0, 0.05) is 20.2 Å². The Hall–Kier alpha value is -0.680. The summed E-state index contributed by atoms with van der Waals surface area (Å²) in [7, 11) is 1.70. The zero-order chi connectivity index (χ0) is 13.8. The number of hydrogen-bond donors (Lipinski definition) is 1. The number of nitrogens with zero attached hydrogens (tertiary/aromatic N) is 1. The maximum absolute atomic E-state index is 12.4. The van der Waals surface area contributed by atoms with E-state index < -0.39 is 0 Å². The van der Waals surface area contributed by atoms with Gasteiger partial charge in [0.15, 0.2) is 0 Å². The molecule has 4 nitrogen and oxygen atoms in total. The molecule has 18 heavy (non-hydrogen) atoms. The van der Waals surface area contributed by atoms with Gasteiger partial charge in [0.05, 0.1) is 16.5 Å². The van der Waals surface area contributed by atoms with Crippen LogP contribution in [0.2, 0.25) is 0 Å². The maximum atomic E-state index is 12.4. The third-order valence-corrected chi connectivity index (χ3v) is 3.97. The number of ether oxygens (including phenoxy) is 1. The molecule has 0 spiro atoms. The van der Waals surface area contributed by atoms with E-state index in [1.807, 2.05) is 18.7 Å². The van der Waals surface area contributed by atoms with E-state index in [-0.39, 0.29) is 17.4 Å². The molecule has 2 N–H and O–H groups in total. The van der Waals surface area contributed by atoms with Crippen LogP contribution in [0.25, 0.3) is 0 Å². The molecule has 0 aromatic heterocycles. The monoisotopic (exact) mass is 272 g/mol. The van der Waals surface area contributed by atoms with Crippen molar-refractivity contribution < 1.29 is 9.53 Å². The van der Waals surface area contributed by atoms with Crippen molar-refractivity contribution >= 4 is 23.1 Å². The molecule has 1 heterocycles.